The van der Waals surface area contributed by atoms with Crippen molar-refractivity contribution in [3.63, 3.8) is 0 Å². The first-order valence-corrected chi connectivity index (χ1v) is 10.5. The molecule has 0 aromatic heterocycles. The number of aliphatic imine (C=N–C) groups is 1. The molecule has 0 fully saturated rings. The van der Waals surface area contributed by atoms with E-state index in [1.54, 1.807) is 13.8 Å². The van der Waals surface area contributed by atoms with Gasteiger partial charge in [0.2, 0.25) is 17.7 Å². The van der Waals surface area contributed by atoms with Crippen LogP contribution in [-0.2, 0) is 24.0 Å². The molecule has 33 heavy (non-hydrogen) atoms. The molecule has 0 radical (unpaired) electrons. The highest BCUT2D eigenvalue weighted by Gasteiger charge is 2.27. The van der Waals surface area contributed by atoms with E-state index in [9.17, 15) is 29.1 Å². The maximum Gasteiger partial charge on any atom is 0.326 e. The minimum atomic E-state index is -1.42. The summed E-state index contributed by atoms with van der Waals surface area (Å²) >= 11 is 0. The lowest BCUT2D eigenvalue weighted by Crippen LogP contribution is -2.54. The number of rotatable bonds is 16. The van der Waals surface area contributed by atoms with Gasteiger partial charge in [0.25, 0.3) is 0 Å². The zero-order valence-electron chi connectivity index (χ0n) is 18.9. The third-order valence-corrected chi connectivity index (χ3v) is 4.35. The van der Waals surface area contributed by atoms with Crippen LogP contribution in [-0.4, -0.2) is 77.0 Å². The minimum absolute atomic E-state index is 0.0309. The van der Waals surface area contributed by atoms with E-state index in [2.05, 4.69) is 20.9 Å². The number of hydrogen-bond acceptors (Lipinski definition) is 7. The van der Waals surface area contributed by atoms with Crippen molar-refractivity contribution >= 4 is 35.6 Å². The van der Waals surface area contributed by atoms with Gasteiger partial charge in [-0.05, 0) is 31.6 Å². The van der Waals surface area contributed by atoms with Crippen molar-refractivity contribution in [1.82, 2.24) is 16.0 Å². The van der Waals surface area contributed by atoms with Crippen molar-refractivity contribution in [2.45, 2.75) is 64.1 Å². The average Bonchev–Trinajstić information content (AvgIpc) is 2.70. The molecule has 0 aliphatic carbocycles. The fraction of sp³-hybridized carbons (Fsp3) is 0.684. The van der Waals surface area contributed by atoms with Gasteiger partial charge < -0.3 is 43.4 Å². The molecule has 11 N–H and O–H groups in total. The number of guanidine groups is 1. The first kappa shape index (κ1) is 29.6. The van der Waals surface area contributed by atoms with Crippen molar-refractivity contribution in [3.8, 4) is 0 Å². The van der Waals surface area contributed by atoms with Crippen LogP contribution in [0, 0.1) is 5.92 Å². The quantitative estimate of drug-likeness (QED) is 0.0661. The molecule has 0 spiro atoms. The summed E-state index contributed by atoms with van der Waals surface area (Å²) in [5, 5.41) is 25.0. The highest BCUT2D eigenvalue weighted by molar-refractivity contribution is 5.92. The zero-order valence-corrected chi connectivity index (χ0v) is 18.9. The van der Waals surface area contributed by atoms with Crippen LogP contribution in [0.3, 0.4) is 0 Å². The van der Waals surface area contributed by atoms with E-state index in [0.29, 0.717) is 13.0 Å². The van der Waals surface area contributed by atoms with Crippen LogP contribution in [0.5, 0.6) is 0 Å². The van der Waals surface area contributed by atoms with Crippen molar-refractivity contribution < 1.29 is 34.2 Å². The molecule has 3 atom stereocenters. The Kier molecular flexibility index (Phi) is 13.8. The first-order chi connectivity index (χ1) is 15.3. The summed E-state index contributed by atoms with van der Waals surface area (Å²) in [4.78, 5) is 62.6. The fourth-order valence-electron chi connectivity index (χ4n) is 2.69. The molecule has 0 aromatic rings. The van der Waals surface area contributed by atoms with E-state index in [0.717, 1.165) is 0 Å². The molecule has 0 aliphatic heterocycles. The normalized spacial score (nSPS) is 13.3. The Balaban J connectivity index is 4.80. The van der Waals surface area contributed by atoms with Crippen molar-refractivity contribution in [2.75, 3.05) is 13.1 Å². The number of carbonyl (C=O) groups excluding carboxylic acids is 3. The van der Waals surface area contributed by atoms with Gasteiger partial charge in [-0.15, -0.1) is 0 Å². The second-order valence-corrected chi connectivity index (χ2v) is 7.85. The second-order valence-electron chi connectivity index (χ2n) is 7.85. The van der Waals surface area contributed by atoms with Crippen LogP contribution in [0.2, 0.25) is 0 Å². The molecule has 0 aromatic carbocycles. The van der Waals surface area contributed by atoms with Crippen LogP contribution < -0.4 is 33.2 Å². The highest BCUT2D eigenvalue weighted by atomic mass is 16.4. The van der Waals surface area contributed by atoms with Gasteiger partial charge in [-0.2, -0.15) is 0 Å². The summed E-state index contributed by atoms with van der Waals surface area (Å²) in [7, 11) is 0. The SMILES string of the molecule is CC(C)CC(NC(=O)CNC(=O)C(N)CCCN=C(N)N)C(=O)NC(CCC(=O)O)C(=O)O. The smallest absolute Gasteiger partial charge is 0.326 e. The van der Waals surface area contributed by atoms with E-state index in [-0.39, 0.29) is 31.1 Å². The molecular weight excluding hydrogens is 438 g/mol. The Morgan fingerprint density at radius 1 is 0.939 bits per heavy atom. The van der Waals surface area contributed by atoms with Gasteiger partial charge in [0.05, 0.1) is 12.6 Å². The number of aliphatic carboxylic acids is 2. The van der Waals surface area contributed by atoms with Gasteiger partial charge >= 0.3 is 11.9 Å². The molecular formula is C19H35N7O7. The Hall–Kier alpha value is -3.42. The molecule has 0 saturated heterocycles. The Bertz CT molecular complexity index is 723. The molecule has 0 saturated carbocycles. The fourth-order valence-corrected chi connectivity index (χ4v) is 2.69. The van der Waals surface area contributed by atoms with Crippen molar-refractivity contribution in [2.24, 2.45) is 28.1 Å². The zero-order chi connectivity index (χ0) is 25.6. The molecule has 0 bridgehead atoms. The van der Waals surface area contributed by atoms with Crippen molar-refractivity contribution in [1.29, 1.82) is 0 Å². The number of nitrogens with one attached hydrogen (secondary N) is 3. The number of carboxylic acids is 2. The van der Waals surface area contributed by atoms with E-state index in [4.69, 9.17) is 22.3 Å². The number of amides is 3. The van der Waals surface area contributed by atoms with E-state index < -0.39 is 60.8 Å². The van der Waals surface area contributed by atoms with Crippen LogP contribution in [0.25, 0.3) is 0 Å². The Morgan fingerprint density at radius 3 is 2.09 bits per heavy atom. The summed E-state index contributed by atoms with van der Waals surface area (Å²) < 4.78 is 0. The lowest BCUT2D eigenvalue weighted by molar-refractivity contribution is -0.143. The molecule has 3 amide bonds. The van der Waals surface area contributed by atoms with Gasteiger partial charge in [0.15, 0.2) is 5.96 Å². The van der Waals surface area contributed by atoms with Crippen LogP contribution in [0.15, 0.2) is 4.99 Å². The maximum atomic E-state index is 12.5. The maximum absolute atomic E-state index is 12.5. The Labute approximate surface area is 191 Å². The van der Waals surface area contributed by atoms with Crippen LogP contribution in [0.1, 0.15) is 46.0 Å². The topological polar surface area (TPSA) is 252 Å². The van der Waals surface area contributed by atoms with Crippen LogP contribution in [0.4, 0.5) is 0 Å². The predicted octanol–water partition coefficient (Wildman–Crippen LogP) is -2.55. The number of carboxylic acid groups (broad SMARTS) is 2. The standard InChI is InChI=1S/C19H35N7O7/c1-10(2)8-13(17(31)26-12(18(32)33)5-6-15(28)29)25-14(27)9-24-16(30)11(20)4-3-7-23-19(21)22/h10-13H,3-9,20H2,1-2H3,(H,24,30)(H,25,27)(H,26,31)(H,28,29)(H,32,33)(H4,21,22,23). The lowest BCUT2D eigenvalue weighted by Gasteiger charge is -2.23. The third-order valence-electron chi connectivity index (χ3n) is 4.35. The largest absolute Gasteiger partial charge is 0.481 e. The van der Waals surface area contributed by atoms with Gasteiger partial charge in [-0.1, -0.05) is 13.8 Å². The molecule has 0 aliphatic rings. The summed E-state index contributed by atoms with van der Waals surface area (Å²) in [6.45, 7) is 3.46. The van der Waals surface area contributed by atoms with Gasteiger partial charge in [-0.3, -0.25) is 24.2 Å². The summed E-state index contributed by atoms with van der Waals surface area (Å²) in [6, 6.07) is -3.38. The van der Waals surface area contributed by atoms with Gasteiger partial charge in [0.1, 0.15) is 12.1 Å². The summed E-state index contributed by atoms with van der Waals surface area (Å²) in [6.07, 6.45) is 0.186. The van der Waals surface area contributed by atoms with Gasteiger partial charge in [0, 0.05) is 13.0 Å². The average molecular weight is 474 g/mol. The monoisotopic (exact) mass is 473 g/mol. The molecule has 3 unspecified atom stereocenters. The molecule has 14 heteroatoms. The highest BCUT2D eigenvalue weighted by Crippen LogP contribution is 2.07. The van der Waals surface area contributed by atoms with E-state index in [1.165, 1.54) is 0 Å². The molecule has 0 heterocycles. The van der Waals surface area contributed by atoms with E-state index in [1.807, 2.05) is 0 Å². The summed E-state index contributed by atoms with van der Waals surface area (Å²) in [5.41, 5.74) is 16.2. The Morgan fingerprint density at radius 2 is 1.58 bits per heavy atom. The first-order valence-electron chi connectivity index (χ1n) is 10.5. The predicted molar refractivity (Wildman–Crippen MR) is 119 cm³/mol. The molecule has 188 valence electrons. The molecule has 0 rings (SSSR count). The number of nitrogens with two attached hydrogens (primary N) is 3. The van der Waals surface area contributed by atoms with E-state index >= 15 is 0 Å². The van der Waals surface area contributed by atoms with Gasteiger partial charge in [-0.25, -0.2) is 4.79 Å². The summed E-state index contributed by atoms with van der Waals surface area (Å²) in [5.74, 6) is -4.70. The minimum Gasteiger partial charge on any atom is -0.481 e. The van der Waals surface area contributed by atoms with Crippen molar-refractivity contribution in [3.05, 3.63) is 0 Å². The van der Waals surface area contributed by atoms with Crippen LogP contribution >= 0.6 is 0 Å². The number of hydrogen-bond donors (Lipinski definition) is 8. The number of carbonyl (C=O) groups is 5. The second kappa shape index (κ2) is 15.4. The third kappa shape index (κ3) is 14.3. The number of nitrogens with zero attached hydrogens (tertiary/aromatic N) is 1. The molecule has 14 nitrogen and oxygen atoms in total. The lowest BCUT2D eigenvalue weighted by atomic mass is 10.0.